The molecule has 3 nitrogen and oxygen atoms in total. The van der Waals surface area contributed by atoms with Gasteiger partial charge in [-0.25, -0.2) is 4.39 Å². The Morgan fingerprint density at radius 2 is 1.77 bits per heavy atom. The monoisotopic (exact) mass is 419 g/mol. The molecule has 1 aliphatic carbocycles. The van der Waals surface area contributed by atoms with E-state index in [1.807, 2.05) is 24.3 Å². The average Bonchev–Trinajstić information content (AvgIpc) is 2.68. The van der Waals surface area contributed by atoms with Crippen molar-refractivity contribution in [2.24, 2.45) is 0 Å². The van der Waals surface area contributed by atoms with Gasteiger partial charge in [0, 0.05) is 16.6 Å². The Hall–Kier alpha value is -1.88. The molecule has 0 aromatic heterocycles. The highest BCUT2D eigenvalue weighted by Gasteiger charge is 2.42. The maximum Gasteiger partial charge on any atom is 0.235 e. The van der Waals surface area contributed by atoms with E-state index >= 15 is 0 Å². The van der Waals surface area contributed by atoms with Crippen molar-refractivity contribution in [1.29, 1.82) is 0 Å². The number of hydrogen-bond donors (Lipinski definition) is 1. The molecule has 138 valence electrons. The molecule has 2 aromatic carbocycles. The first kappa shape index (κ1) is 18.9. The van der Waals surface area contributed by atoms with Crippen LogP contribution in [0.1, 0.15) is 37.7 Å². The van der Waals surface area contributed by atoms with Crippen molar-refractivity contribution in [2.75, 3.05) is 17.3 Å². The summed E-state index contributed by atoms with van der Waals surface area (Å²) in [7, 11) is 0. The topological polar surface area (TPSA) is 38.3 Å². The van der Waals surface area contributed by atoms with Gasteiger partial charge in [0.15, 0.2) is 0 Å². The Kier molecular flexibility index (Phi) is 6.30. The summed E-state index contributed by atoms with van der Waals surface area (Å²) in [5, 5.41) is 3.75. The standard InChI is InChI=1S/C21H23BrFNO2/c22-14-15-26-17-10-8-16(9-11-17)24-20(25)21(12-4-1-5-13-21)18-6-2-3-7-19(18)23/h2-3,6-11H,1,4-5,12-15H2,(H,24,25). The number of alkyl halides is 1. The van der Waals surface area contributed by atoms with Gasteiger partial charge in [0.1, 0.15) is 11.6 Å². The second kappa shape index (κ2) is 8.67. The van der Waals surface area contributed by atoms with Crippen LogP contribution in [-0.2, 0) is 10.2 Å². The van der Waals surface area contributed by atoms with Crippen molar-refractivity contribution in [2.45, 2.75) is 37.5 Å². The zero-order valence-electron chi connectivity index (χ0n) is 14.6. The van der Waals surface area contributed by atoms with Crippen LogP contribution in [0.25, 0.3) is 0 Å². The van der Waals surface area contributed by atoms with Crippen LogP contribution in [0.3, 0.4) is 0 Å². The fraction of sp³-hybridized carbons (Fsp3) is 0.381. The lowest BCUT2D eigenvalue weighted by Crippen LogP contribution is -2.42. The number of benzene rings is 2. The van der Waals surface area contributed by atoms with E-state index in [2.05, 4.69) is 21.2 Å². The van der Waals surface area contributed by atoms with Gasteiger partial charge >= 0.3 is 0 Å². The van der Waals surface area contributed by atoms with Gasteiger partial charge in [-0.3, -0.25) is 4.79 Å². The van der Waals surface area contributed by atoms with Gasteiger partial charge in [0.05, 0.1) is 12.0 Å². The molecule has 26 heavy (non-hydrogen) atoms. The minimum absolute atomic E-state index is 0.128. The first-order valence-corrected chi connectivity index (χ1v) is 10.1. The molecule has 0 bridgehead atoms. The molecule has 0 heterocycles. The molecule has 5 heteroatoms. The van der Waals surface area contributed by atoms with Gasteiger partial charge in [0.2, 0.25) is 5.91 Å². The van der Waals surface area contributed by atoms with Crippen LogP contribution >= 0.6 is 15.9 Å². The number of halogens is 2. The smallest absolute Gasteiger partial charge is 0.235 e. The molecular weight excluding hydrogens is 397 g/mol. The molecule has 0 unspecified atom stereocenters. The summed E-state index contributed by atoms with van der Waals surface area (Å²) in [4.78, 5) is 13.2. The Morgan fingerprint density at radius 3 is 2.42 bits per heavy atom. The van der Waals surface area contributed by atoms with Crippen LogP contribution < -0.4 is 10.1 Å². The zero-order valence-corrected chi connectivity index (χ0v) is 16.2. The van der Waals surface area contributed by atoms with E-state index in [0.717, 1.165) is 30.3 Å². The van der Waals surface area contributed by atoms with Crippen LogP contribution in [0.4, 0.5) is 10.1 Å². The molecule has 3 rings (SSSR count). The van der Waals surface area contributed by atoms with E-state index in [4.69, 9.17) is 4.74 Å². The summed E-state index contributed by atoms with van der Waals surface area (Å²) in [5.74, 6) is 0.323. The first-order valence-electron chi connectivity index (χ1n) is 9.01. The minimum atomic E-state index is -0.797. The van der Waals surface area contributed by atoms with Crippen molar-refractivity contribution >= 4 is 27.5 Å². The Balaban J connectivity index is 1.81. The highest BCUT2D eigenvalue weighted by Crippen LogP contribution is 2.41. The number of hydrogen-bond acceptors (Lipinski definition) is 2. The normalized spacial score (nSPS) is 16.1. The van der Waals surface area contributed by atoms with Gasteiger partial charge < -0.3 is 10.1 Å². The fourth-order valence-corrected chi connectivity index (χ4v) is 3.83. The summed E-state index contributed by atoms with van der Waals surface area (Å²) in [6.07, 6.45) is 4.30. The SMILES string of the molecule is O=C(Nc1ccc(OCCBr)cc1)C1(c2ccccc2F)CCCCC1. The number of carbonyl (C=O) groups excluding carboxylic acids is 1. The van der Waals surface area contributed by atoms with Crippen LogP contribution in [0, 0.1) is 5.82 Å². The number of carbonyl (C=O) groups is 1. The van der Waals surface area contributed by atoms with Crippen molar-refractivity contribution in [3.05, 3.63) is 59.9 Å². The number of rotatable bonds is 6. The van der Waals surface area contributed by atoms with Crippen LogP contribution in [0.2, 0.25) is 0 Å². The van der Waals surface area contributed by atoms with Gasteiger partial charge in [0.25, 0.3) is 0 Å². The largest absolute Gasteiger partial charge is 0.493 e. The Bertz CT molecular complexity index is 742. The number of amides is 1. The average molecular weight is 420 g/mol. The molecule has 0 atom stereocenters. The predicted molar refractivity (Wildman–Crippen MR) is 106 cm³/mol. The predicted octanol–water partition coefficient (Wildman–Crippen LogP) is 5.44. The molecular formula is C21H23BrFNO2. The third-order valence-corrected chi connectivity index (χ3v) is 5.31. The van der Waals surface area contributed by atoms with E-state index in [1.54, 1.807) is 18.2 Å². The summed E-state index contributed by atoms with van der Waals surface area (Å²) in [5.41, 5.74) is 0.409. The van der Waals surface area contributed by atoms with Gasteiger partial charge in [-0.15, -0.1) is 0 Å². The molecule has 1 amide bonds. The van der Waals surface area contributed by atoms with Crippen molar-refractivity contribution < 1.29 is 13.9 Å². The third kappa shape index (κ3) is 4.09. The van der Waals surface area contributed by atoms with Crippen LogP contribution in [0.15, 0.2) is 48.5 Å². The molecule has 0 aliphatic heterocycles. The molecule has 1 fully saturated rings. The molecule has 1 saturated carbocycles. The molecule has 0 saturated heterocycles. The van der Waals surface area contributed by atoms with E-state index in [-0.39, 0.29) is 11.7 Å². The lowest BCUT2D eigenvalue weighted by Gasteiger charge is -2.36. The molecule has 1 aliphatic rings. The van der Waals surface area contributed by atoms with E-state index in [0.29, 0.717) is 30.7 Å². The lowest BCUT2D eigenvalue weighted by atomic mass is 9.68. The van der Waals surface area contributed by atoms with Gasteiger partial charge in [-0.1, -0.05) is 53.4 Å². The zero-order chi connectivity index (χ0) is 18.4. The molecule has 0 spiro atoms. The highest BCUT2D eigenvalue weighted by molar-refractivity contribution is 9.09. The number of ether oxygens (including phenoxy) is 1. The van der Waals surface area contributed by atoms with E-state index < -0.39 is 5.41 Å². The summed E-state index contributed by atoms with van der Waals surface area (Å²) >= 11 is 3.32. The van der Waals surface area contributed by atoms with E-state index in [1.165, 1.54) is 6.07 Å². The Labute approximate surface area is 162 Å². The highest BCUT2D eigenvalue weighted by atomic mass is 79.9. The van der Waals surface area contributed by atoms with Crippen molar-refractivity contribution in [3.63, 3.8) is 0 Å². The molecule has 2 aromatic rings. The third-order valence-electron chi connectivity index (χ3n) is 4.99. The Morgan fingerprint density at radius 1 is 1.08 bits per heavy atom. The molecule has 1 N–H and O–H groups in total. The fourth-order valence-electron chi connectivity index (χ4n) is 3.67. The molecule has 0 radical (unpaired) electrons. The second-order valence-corrected chi connectivity index (χ2v) is 7.43. The van der Waals surface area contributed by atoms with Gasteiger partial charge in [-0.2, -0.15) is 0 Å². The lowest BCUT2D eigenvalue weighted by molar-refractivity contribution is -0.122. The first-order chi connectivity index (χ1) is 12.7. The summed E-state index contributed by atoms with van der Waals surface area (Å²) in [6.45, 7) is 0.585. The van der Waals surface area contributed by atoms with Crippen LogP contribution in [0.5, 0.6) is 5.75 Å². The number of anilines is 1. The summed E-state index contributed by atoms with van der Waals surface area (Å²) < 4.78 is 20.0. The van der Waals surface area contributed by atoms with E-state index in [9.17, 15) is 9.18 Å². The van der Waals surface area contributed by atoms with Crippen molar-refractivity contribution in [3.8, 4) is 5.75 Å². The quantitative estimate of drug-likeness (QED) is 0.632. The maximum absolute atomic E-state index is 14.5. The number of nitrogens with one attached hydrogen (secondary N) is 1. The second-order valence-electron chi connectivity index (χ2n) is 6.64. The van der Waals surface area contributed by atoms with Crippen molar-refractivity contribution in [1.82, 2.24) is 0 Å². The minimum Gasteiger partial charge on any atom is -0.493 e. The van der Waals surface area contributed by atoms with Gasteiger partial charge in [-0.05, 0) is 43.2 Å². The van der Waals surface area contributed by atoms with Crippen LogP contribution in [-0.4, -0.2) is 17.8 Å². The summed E-state index contributed by atoms with van der Waals surface area (Å²) in [6, 6.07) is 14.0. The maximum atomic E-state index is 14.5.